The van der Waals surface area contributed by atoms with Crippen molar-refractivity contribution < 1.29 is 8.42 Å². The average Bonchev–Trinajstić information content (AvgIpc) is 3.09. The predicted molar refractivity (Wildman–Crippen MR) is 118 cm³/mol. The molecule has 0 saturated carbocycles. The second-order valence-corrected chi connectivity index (χ2v) is 9.74. The van der Waals surface area contributed by atoms with Crippen molar-refractivity contribution in [1.29, 1.82) is 0 Å². The summed E-state index contributed by atoms with van der Waals surface area (Å²) in [5.74, 6) is 0.644. The second kappa shape index (κ2) is 7.93. The van der Waals surface area contributed by atoms with Gasteiger partial charge >= 0.3 is 0 Å². The molecule has 3 heterocycles. The number of anilines is 1. The minimum atomic E-state index is -3.62. The molecule has 3 aromatic rings. The summed E-state index contributed by atoms with van der Waals surface area (Å²) in [4.78, 5) is 14.7. The fourth-order valence-electron chi connectivity index (χ4n) is 3.82. The van der Waals surface area contributed by atoms with E-state index in [1.165, 1.54) is 15.1 Å². The van der Waals surface area contributed by atoms with Crippen LogP contribution >= 0.6 is 0 Å². The number of aryl methyl sites for hydroxylation is 4. The number of rotatable bonds is 4. The van der Waals surface area contributed by atoms with Crippen LogP contribution in [0.15, 0.2) is 40.0 Å². The third-order valence-corrected chi connectivity index (χ3v) is 7.90. The zero-order chi connectivity index (χ0) is 22.3. The van der Waals surface area contributed by atoms with E-state index in [-0.39, 0.29) is 10.5 Å². The number of aromatic nitrogens is 4. The van der Waals surface area contributed by atoms with Gasteiger partial charge in [-0.2, -0.15) is 14.1 Å². The van der Waals surface area contributed by atoms with Crippen molar-refractivity contribution in [3.8, 4) is 5.69 Å². The van der Waals surface area contributed by atoms with Crippen molar-refractivity contribution in [3.05, 3.63) is 63.2 Å². The molecule has 1 aliphatic heterocycles. The Morgan fingerprint density at radius 2 is 1.65 bits per heavy atom. The Balaban J connectivity index is 1.56. The Labute approximate surface area is 181 Å². The van der Waals surface area contributed by atoms with Gasteiger partial charge in [0, 0.05) is 32.2 Å². The van der Waals surface area contributed by atoms with E-state index in [0.717, 1.165) is 11.1 Å². The molecule has 4 rings (SSSR count). The lowest BCUT2D eigenvalue weighted by molar-refractivity contribution is 0.382. The predicted octanol–water partition coefficient (Wildman–Crippen LogP) is 1.70. The lowest BCUT2D eigenvalue weighted by Gasteiger charge is -2.34. The quantitative estimate of drug-likeness (QED) is 0.660. The van der Waals surface area contributed by atoms with Crippen LogP contribution in [0, 0.1) is 27.7 Å². The van der Waals surface area contributed by atoms with Gasteiger partial charge in [0.15, 0.2) is 0 Å². The fraction of sp³-hybridized carbons (Fsp3) is 0.381. The lowest BCUT2D eigenvalue weighted by atomic mass is 10.1. The highest BCUT2D eigenvalue weighted by Gasteiger charge is 2.32. The van der Waals surface area contributed by atoms with Crippen molar-refractivity contribution in [1.82, 2.24) is 24.3 Å². The number of hydrogen-bond acceptors (Lipinski definition) is 6. The first-order chi connectivity index (χ1) is 14.7. The molecule has 31 heavy (non-hydrogen) atoms. The number of benzene rings is 1. The molecular weight excluding hydrogens is 416 g/mol. The summed E-state index contributed by atoms with van der Waals surface area (Å²) in [5.41, 5.74) is 3.75. The van der Waals surface area contributed by atoms with E-state index in [1.807, 2.05) is 36.9 Å². The van der Waals surface area contributed by atoms with Gasteiger partial charge in [-0.1, -0.05) is 6.07 Å². The monoisotopic (exact) mass is 442 g/mol. The minimum absolute atomic E-state index is 0.209. The van der Waals surface area contributed by atoms with Crippen LogP contribution in [0.25, 0.3) is 5.69 Å². The standard InChI is InChI=1S/C21H26N6O3S/c1-14-5-6-18(13-15(14)2)27-20(28)8-7-19(24-27)25-9-11-26(12-10-25)31(29,30)21-16(3)22-23-17(21)4/h5-8,13H,9-12H2,1-4H3,(H,22,23). The molecule has 0 amide bonds. The highest BCUT2D eigenvalue weighted by molar-refractivity contribution is 7.89. The van der Waals surface area contributed by atoms with E-state index in [4.69, 9.17) is 0 Å². The molecule has 164 valence electrons. The summed E-state index contributed by atoms with van der Waals surface area (Å²) in [6.07, 6.45) is 0. The van der Waals surface area contributed by atoms with Gasteiger partial charge in [0.05, 0.1) is 17.1 Å². The topological polar surface area (TPSA) is 104 Å². The number of hydrogen-bond donors (Lipinski definition) is 1. The van der Waals surface area contributed by atoms with Gasteiger partial charge in [0.25, 0.3) is 5.56 Å². The van der Waals surface area contributed by atoms with Crippen LogP contribution in [0.4, 0.5) is 5.82 Å². The summed E-state index contributed by atoms with van der Waals surface area (Å²) in [5, 5.41) is 11.3. The molecule has 9 nitrogen and oxygen atoms in total. The van der Waals surface area contributed by atoms with E-state index >= 15 is 0 Å². The molecule has 0 aliphatic carbocycles. The summed E-state index contributed by atoms with van der Waals surface area (Å²) >= 11 is 0. The number of aromatic amines is 1. The van der Waals surface area contributed by atoms with Gasteiger partial charge in [-0.25, -0.2) is 8.42 Å². The van der Waals surface area contributed by atoms with E-state index in [9.17, 15) is 13.2 Å². The van der Waals surface area contributed by atoms with Crippen LogP contribution in [0.1, 0.15) is 22.5 Å². The Morgan fingerprint density at radius 1 is 0.935 bits per heavy atom. The number of sulfonamides is 1. The molecule has 0 bridgehead atoms. The molecule has 1 aliphatic rings. The first-order valence-corrected chi connectivity index (χ1v) is 11.6. The zero-order valence-corrected chi connectivity index (χ0v) is 18.9. The van der Waals surface area contributed by atoms with Gasteiger partial charge < -0.3 is 4.90 Å². The highest BCUT2D eigenvalue weighted by atomic mass is 32.2. The molecule has 1 aromatic carbocycles. The van der Waals surface area contributed by atoms with Crippen molar-refractivity contribution >= 4 is 15.8 Å². The molecule has 0 atom stereocenters. The first kappa shape index (κ1) is 21.3. The Kier molecular flexibility index (Phi) is 5.44. The Morgan fingerprint density at radius 3 is 2.26 bits per heavy atom. The lowest BCUT2D eigenvalue weighted by Crippen LogP contribution is -2.49. The summed E-state index contributed by atoms with van der Waals surface area (Å²) in [7, 11) is -3.62. The van der Waals surface area contributed by atoms with Crippen LogP contribution in [-0.2, 0) is 10.0 Å². The summed E-state index contributed by atoms with van der Waals surface area (Å²) in [6.45, 7) is 9.03. The van der Waals surface area contributed by atoms with E-state index in [0.29, 0.717) is 49.1 Å². The van der Waals surface area contributed by atoms with Crippen molar-refractivity contribution in [2.75, 3.05) is 31.1 Å². The molecule has 1 N–H and O–H groups in total. The van der Waals surface area contributed by atoms with Crippen molar-refractivity contribution in [3.63, 3.8) is 0 Å². The fourth-order valence-corrected chi connectivity index (χ4v) is 5.57. The van der Waals surface area contributed by atoms with Gasteiger partial charge in [0.2, 0.25) is 10.0 Å². The van der Waals surface area contributed by atoms with Gasteiger partial charge in [-0.15, -0.1) is 5.10 Å². The zero-order valence-electron chi connectivity index (χ0n) is 18.1. The summed E-state index contributed by atoms with van der Waals surface area (Å²) in [6, 6.07) is 8.97. The maximum Gasteiger partial charge on any atom is 0.271 e. The third kappa shape index (κ3) is 3.88. The normalized spacial score (nSPS) is 15.4. The van der Waals surface area contributed by atoms with Gasteiger partial charge in [-0.05, 0) is 57.0 Å². The molecule has 0 spiro atoms. The molecule has 10 heteroatoms. The van der Waals surface area contributed by atoms with Crippen LogP contribution in [0.3, 0.4) is 0 Å². The molecule has 0 radical (unpaired) electrons. The maximum absolute atomic E-state index is 13.1. The molecule has 1 fully saturated rings. The van der Waals surface area contributed by atoms with Gasteiger partial charge in [-0.3, -0.25) is 9.89 Å². The Bertz CT molecular complexity index is 1270. The van der Waals surface area contributed by atoms with Crippen LogP contribution in [0.2, 0.25) is 0 Å². The molecule has 2 aromatic heterocycles. The van der Waals surface area contributed by atoms with Crippen molar-refractivity contribution in [2.45, 2.75) is 32.6 Å². The smallest absolute Gasteiger partial charge is 0.271 e. The molecular formula is C21H26N6O3S. The summed E-state index contributed by atoms with van der Waals surface area (Å²) < 4.78 is 29.0. The number of piperazine rings is 1. The molecule has 0 unspecified atom stereocenters. The van der Waals surface area contributed by atoms with Crippen LogP contribution in [0.5, 0.6) is 0 Å². The van der Waals surface area contributed by atoms with Crippen LogP contribution in [-0.4, -0.2) is 58.9 Å². The number of nitrogens with one attached hydrogen (secondary N) is 1. The van der Waals surface area contributed by atoms with Gasteiger partial charge in [0.1, 0.15) is 10.7 Å². The Hall–Kier alpha value is -2.98. The van der Waals surface area contributed by atoms with E-state index in [1.54, 1.807) is 19.9 Å². The third-order valence-electron chi connectivity index (χ3n) is 5.74. The van der Waals surface area contributed by atoms with Crippen LogP contribution < -0.4 is 10.5 Å². The van der Waals surface area contributed by atoms with E-state index in [2.05, 4.69) is 15.3 Å². The largest absolute Gasteiger partial charge is 0.353 e. The SMILES string of the molecule is Cc1ccc(-n2nc(N3CCN(S(=O)(=O)c4c(C)n[nH]c4C)CC3)ccc2=O)cc1C. The van der Waals surface area contributed by atoms with E-state index < -0.39 is 10.0 Å². The maximum atomic E-state index is 13.1. The second-order valence-electron chi connectivity index (χ2n) is 7.86. The highest BCUT2D eigenvalue weighted by Crippen LogP contribution is 2.24. The number of H-pyrrole nitrogens is 1. The molecule has 1 saturated heterocycles. The first-order valence-electron chi connectivity index (χ1n) is 10.1. The number of nitrogens with zero attached hydrogens (tertiary/aromatic N) is 5. The average molecular weight is 443 g/mol. The van der Waals surface area contributed by atoms with Crippen molar-refractivity contribution in [2.24, 2.45) is 0 Å². The minimum Gasteiger partial charge on any atom is -0.353 e.